The van der Waals surface area contributed by atoms with Crippen LogP contribution in [0, 0.1) is 0 Å². The molecule has 0 aliphatic heterocycles. The summed E-state index contributed by atoms with van der Waals surface area (Å²) >= 11 is 0. The van der Waals surface area contributed by atoms with Gasteiger partial charge in [-0.05, 0) is 17.7 Å². The summed E-state index contributed by atoms with van der Waals surface area (Å²) in [7, 11) is 1.64. The van der Waals surface area contributed by atoms with E-state index < -0.39 is 0 Å². The van der Waals surface area contributed by atoms with Crippen LogP contribution in [0.5, 0.6) is 5.75 Å². The highest BCUT2D eigenvalue weighted by atomic mass is 16.5. The Morgan fingerprint density at radius 2 is 2.20 bits per heavy atom. The molecule has 1 aromatic carbocycles. The van der Waals surface area contributed by atoms with E-state index >= 15 is 0 Å². The zero-order valence-corrected chi connectivity index (χ0v) is 8.46. The highest BCUT2D eigenvalue weighted by Gasteiger charge is 2.22. The number of hydrogen-bond donors (Lipinski definition) is 1. The molecule has 1 aliphatic rings. The summed E-state index contributed by atoms with van der Waals surface area (Å²) in [6, 6.07) is 3.91. The molecule has 3 heteroatoms. The number of H-pyrrole nitrogens is 1. The molecule has 0 saturated heterocycles. The Balaban J connectivity index is 2.40. The zero-order chi connectivity index (χ0) is 10.4. The number of Topliss-reactive ketones (excluding diaryl/α,β-unsaturated/α-hetero) is 1. The zero-order valence-electron chi connectivity index (χ0n) is 8.46. The van der Waals surface area contributed by atoms with Crippen LogP contribution in [-0.4, -0.2) is 17.9 Å². The van der Waals surface area contributed by atoms with Crippen molar-refractivity contribution in [3.63, 3.8) is 0 Å². The Morgan fingerprint density at radius 1 is 1.33 bits per heavy atom. The normalized spacial score (nSPS) is 14.6. The molecular weight excluding hydrogens is 190 g/mol. The molecule has 1 aliphatic carbocycles. The summed E-state index contributed by atoms with van der Waals surface area (Å²) in [5.74, 6) is 1.07. The van der Waals surface area contributed by atoms with Crippen LogP contribution in [0.2, 0.25) is 0 Å². The van der Waals surface area contributed by atoms with Crippen molar-refractivity contribution < 1.29 is 9.53 Å². The highest BCUT2D eigenvalue weighted by molar-refractivity contribution is 6.00. The molecule has 0 fully saturated rings. The Kier molecular flexibility index (Phi) is 1.63. The van der Waals surface area contributed by atoms with Gasteiger partial charge in [0.05, 0.1) is 7.11 Å². The van der Waals surface area contributed by atoms with E-state index in [-0.39, 0.29) is 5.78 Å². The van der Waals surface area contributed by atoms with Gasteiger partial charge in [-0.2, -0.15) is 0 Å². The highest BCUT2D eigenvalue weighted by Crippen LogP contribution is 2.34. The van der Waals surface area contributed by atoms with Gasteiger partial charge in [0.25, 0.3) is 0 Å². The molecule has 3 nitrogen and oxygen atoms in total. The van der Waals surface area contributed by atoms with Crippen molar-refractivity contribution in [1.29, 1.82) is 0 Å². The number of aromatic amines is 1. The van der Waals surface area contributed by atoms with Crippen LogP contribution in [0.25, 0.3) is 10.9 Å². The molecule has 2 aromatic rings. The molecule has 3 rings (SSSR count). The van der Waals surface area contributed by atoms with E-state index in [4.69, 9.17) is 4.74 Å². The molecular formula is C12H11NO2. The fraction of sp³-hybridized carbons (Fsp3) is 0.250. The Bertz CT molecular complexity index is 554. The van der Waals surface area contributed by atoms with Gasteiger partial charge >= 0.3 is 0 Å². The lowest BCUT2D eigenvalue weighted by atomic mass is 9.91. The van der Waals surface area contributed by atoms with Gasteiger partial charge in [-0.15, -0.1) is 0 Å². The van der Waals surface area contributed by atoms with Crippen LogP contribution in [0.4, 0.5) is 0 Å². The van der Waals surface area contributed by atoms with Crippen LogP contribution in [0.1, 0.15) is 11.1 Å². The molecule has 1 aromatic heterocycles. The predicted molar refractivity (Wildman–Crippen MR) is 57.3 cm³/mol. The Hall–Kier alpha value is -1.77. The number of ether oxygens (including phenoxy) is 1. The summed E-state index contributed by atoms with van der Waals surface area (Å²) in [6.07, 6.45) is 2.95. The standard InChI is InChI=1S/C12H11NO2/c1-15-11-3-2-10-12-7(6-13-10)4-8(14)5-9(11)12/h2-3,6,13H,4-5H2,1H3. The number of hydrogen-bond acceptors (Lipinski definition) is 2. The van der Waals surface area contributed by atoms with Crippen LogP contribution < -0.4 is 4.74 Å². The third-order valence-corrected chi connectivity index (χ3v) is 2.97. The van der Waals surface area contributed by atoms with E-state index in [1.54, 1.807) is 7.11 Å². The molecule has 0 atom stereocenters. The average molecular weight is 201 g/mol. The SMILES string of the molecule is COc1ccc2[nH]cc3c2c1CC(=O)C3. The molecule has 15 heavy (non-hydrogen) atoms. The third kappa shape index (κ3) is 1.09. The lowest BCUT2D eigenvalue weighted by Crippen LogP contribution is -2.12. The molecule has 1 N–H and O–H groups in total. The van der Waals surface area contributed by atoms with Gasteiger partial charge in [0, 0.05) is 35.5 Å². The van der Waals surface area contributed by atoms with Crippen LogP contribution in [0.15, 0.2) is 18.3 Å². The van der Waals surface area contributed by atoms with E-state index in [9.17, 15) is 4.79 Å². The Labute approximate surface area is 87.1 Å². The first kappa shape index (κ1) is 8.53. The fourth-order valence-corrected chi connectivity index (χ4v) is 2.33. The summed E-state index contributed by atoms with van der Waals surface area (Å²) in [5.41, 5.74) is 3.21. The number of ketones is 1. The van der Waals surface area contributed by atoms with Crippen molar-refractivity contribution in [1.82, 2.24) is 4.98 Å². The van der Waals surface area contributed by atoms with Crippen molar-refractivity contribution in [2.75, 3.05) is 7.11 Å². The molecule has 0 radical (unpaired) electrons. The third-order valence-electron chi connectivity index (χ3n) is 2.97. The molecule has 76 valence electrons. The number of rotatable bonds is 1. The summed E-state index contributed by atoms with van der Waals surface area (Å²) in [6.45, 7) is 0. The van der Waals surface area contributed by atoms with Gasteiger partial charge in [-0.3, -0.25) is 4.79 Å². The second-order valence-electron chi connectivity index (χ2n) is 3.88. The first-order valence-corrected chi connectivity index (χ1v) is 4.97. The van der Waals surface area contributed by atoms with Gasteiger partial charge in [0.1, 0.15) is 11.5 Å². The second-order valence-corrected chi connectivity index (χ2v) is 3.88. The van der Waals surface area contributed by atoms with Gasteiger partial charge in [-0.1, -0.05) is 0 Å². The fourth-order valence-electron chi connectivity index (χ4n) is 2.33. The number of aromatic nitrogens is 1. The largest absolute Gasteiger partial charge is 0.496 e. The number of benzene rings is 1. The van der Waals surface area contributed by atoms with Gasteiger partial charge in [-0.25, -0.2) is 0 Å². The first-order valence-electron chi connectivity index (χ1n) is 4.97. The maximum absolute atomic E-state index is 11.6. The van der Waals surface area contributed by atoms with Crippen molar-refractivity contribution in [2.24, 2.45) is 0 Å². The van der Waals surface area contributed by atoms with E-state index in [0.717, 1.165) is 22.4 Å². The van der Waals surface area contributed by atoms with Crippen LogP contribution in [-0.2, 0) is 17.6 Å². The monoisotopic (exact) mass is 201 g/mol. The second kappa shape index (κ2) is 2.86. The van der Waals surface area contributed by atoms with E-state index in [1.165, 1.54) is 5.39 Å². The summed E-state index contributed by atoms with van der Waals surface area (Å²) < 4.78 is 5.28. The number of carbonyl (C=O) groups excluding carboxylic acids is 1. The quantitative estimate of drug-likeness (QED) is 0.765. The van der Waals surface area contributed by atoms with Gasteiger partial charge in [0.15, 0.2) is 0 Å². The first-order chi connectivity index (χ1) is 7.29. The Morgan fingerprint density at radius 3 is 3.00 bits per heavy atom. The van der Waals surface area contributed by atoms with E-state index in [1.807, 2.05) is 18.3 Å². The van der Waals surface area contributed by atoms with Gasteiger partial charge in [0.2, 0.25) is 0 Å². The van der Waals surface area contributed by atoms with E-state index in [2.05, 4.69) is 4.98 Å². The van der Waals surface area contributed by atoms with Crippen LogP contribution in [0.3, 0.4) is 0 Å². The minimum Gasteiger partial charge on any atom is -0.496 e. The van der Waals surface area contributed by atoms with Crippen molar-refractivity contribution >= 4 is 16.7 Å². The molecule has 0 bridgehead atoms. The lowest BCUT2D eigenvalue weighted by Gasteiger charge is -2.14. The summed E-state index contributed by atoms with van der Waals surface area (Å²) in [5, 5.41) is 1.17. The molecule has 0 amide bonds. The molecule has 0 spiro atoms. The predicted octanol–water partition coefficient (Wildman–Crippen LogP) is 1.84. The molecule has 0 saturated carbocycles. The van der Waals surface area contributed by atoms with Crippen molar-refractivity contribution in [3.8, 4) is 5.75 Å². The van der Waals surface area contributed by atoms with Crippen molar-refractivity contribution in [2.45, 2.75) is 12.8 Å². The molecule has 0 unspecified atom stereocenters. The van der Waals surface area contributed by atoms with Gasteiger partial charge < -0.3 is 9.72 Å². The number of methoxy groups -OCH3 is 1. The maximum atomic E-state index is 11.6. The minimum atomic E-state index is 0.257. The van der Waals surface area contributed by atoms with Crippen molar-refractivity contribution in [3.05, 3.63) is 29.5 Å². The van der Waals surface area contributed by atoms with E-state index in [0.29, 0.717) is 12.8 Å². The smallest absolute Gasteiger partial charge is 0.141 e. The number of carbonyl (C=O) groups is 1. The molecule has 1 heterocycles. The number of nitrogens with one attached hydrogen (secondary N) is 1. The average Bonchev–Trinajstić information content (AvgIpc) is 2.63. The van der Waals surface area contributed by atoms with Crippen LogP contribution >= 0.6 is 0 Å². The minimum absolute atomic E-state index is 0.257. The lowest BCUT2D eigenvalue weighted by molar-refractivity contribution is -0.117. The topological polar surface area (TPSA) is 42.1 Å². The maximum Gasteiger partial charge on any atom is 0.141 e. The summed E-state index contributed by atoms with van der Waals surface area (Å²) in [4.78, 5) is 14.7.